The molecule has 186 valence electrons. The number of nitrogens with zero attached hydrogens (tertiary/aromatic N) is 2. The third-order valence-corrected chi connectivity index (χ3v) is 8.29. The van der Waals surface area contributed by atoms with Crippen LogP contribution in [0.3, 0.4) is 0 Å². The van der Waals surface area contributed by atoms with Crippen LogP contribution < -0.4 is 5.32 Å². The summed E-state index contributed by atoms with van der Waals surface area (Å²) in [4.78, 5) is 43.6. The lowest BCUT2D eigenvalue weighted by atomic mass is 9.70. The van der Waals surface area contributed by atoms with Crippen LogP contribution in [0.1, 0.15) is 26.7 Å². The summed E-state index contributed by atoms with van der Waals surface area (Å²) < 4.78 is 17.0. The van der Waals surface area contributed by atoms with Crippen molar-refractivity contribution in [3.05, 3.63) is 0 Å². The number of aliphatic hydroxyl groups is 1. The fraction of sp³-hybridized carbons (Fsp3) is 0.864. The molecule has 33 heavy (non-hydrogen) atoms. The Kier molecular flexibility index (Phi) is 7.64. The van der Waals surface area contributed by atoms with Crippen LogP contribution in [0.2, 0.25) is 0 Å². The first-order valence-electron chi connectivity index (χ1n) is 11.9. The molecule has 2 N–H and O–H groups in total. The molecule has 4 rings (SSSR count). The summed E-state index contributed by atoms with van der Waals surface area (Å²) in [5.74, 6) is -2.68. The maximum absolute atomic E-state index is 13.7. The maximum atomic E-state index is 13.7. The maximum Gasteiger partial charge on any atom is 0.312 e. The Labute approximate surface area is 202 Å². The third kappa shape index (κ3) is 4.20. The zero-order valence-corrected chi connectivity index (χ0v) is 20.8. The Morgan fingerprint density at radius 3 is 2.70 bits per heavy atom. The molecule has 4 heterocycles. The highest BCUT2D eigenvalue weighted by atomic mass is 79.9. The van der Waals surface area contributed by atoms with Gasteiger partial charge in [-0.2, -0.15) is 0 Å². The molecule has 0 aliphatic carbocycles. The zero-order valence-electron chi connectivity index (χ0n) is 19.2. The third-order valence-electron chi connectivity index (χ3n) is 7.44. The van der Waals surface area contributed by atoms with Gasteiger partial charge < -0.3 is 29.5 Å². The van der Waals surface area contributed by atoms with E-state index in [0.717, 1.165) is 13.1 Å². The SMILES string of the molecule is CCOC(=O)[C@H]1[C@H]2C(=O)N([C@@H](CC)CO)C(C(=O)NCCN3CCOCC3)C23CC(Br)[C@@H]1O3. The number of aliphatic hydroxyl groups excluding tert-OH is 1. The van der Waals surface area contributed by atoms with Crippen LogP contribution in [-0.2, 0) is 28.6 Å². The van der Waals surface area contributed by atoms with Crippen molar-refractivity contribution in [1.82, 2.24) is 15.1 Å². The fourth-order valence-electron chi connectivity index (χ4n) is 5.94. The van der Waals surface area contributed by atoms with Crippen molar-refractivity contribution in [2.45, 2.75) is 55.3 Å². The van der Waals surface area contributed by atoms with Crippen molar-refractivity contribution in [1.29, 1.82) is 0 Å². The van der Waals surface area contributed by atoms with E-state index in [1.807, 2.05) is 6.92 Å². The number of esters is 1. The van der Waals surface area contributed by atoms with E-state index in [1.54, 1.807) is 6.92 Å². The van der Waals surface area contributed by atoms with E-state index >= 15 is 0 Å². The van der Waals surface area contributed by atoms with Gasteiger partial charge in [-0.3, -0.25) is 19.3 Å². The molecule has 0 radical (unpaired) electrons. The summed E-state index contributed by atoms with van der Waals surface area (Å²) in [6, 6.07) is -1.45. The van der Waals surface area contributed by atoms with Crippen molar-refractivity contribution in [2.24, 2.45) is 11.8 Å². The minimum absolute atomic E-state index is 0.172. The molecule has 1 spiro atoms. The number of carbonyl (C=O) groups excluding carboxylic acids is 3. The molecule has 11 heteroatoms. The van der Waals surface area contributed by atoms with Crippen molar-refractivity contribution >= 4 is 33.7 Å². The standard InChI is InChI=1S/C22H34BrN3O7/c1-3-13(12-27)26-18(19(28)24-5-6-25-7-9-31-10-8-25)22-11-14(23)17(33-22)15(16(22)20(26)29)21(30)32-4-2/h13-18,27H,3-12H2,1-2H3,(H,24,28)/t13-,14?,15-,16-,17-,18?,22?/m0/s1. The van der Waals surface area contributed by atoms with Crippen molar-refractivity contribution in [3.63, 3.8) is 0 Å². The number of ether oxygens (including phenoxy) is 3. The minimum Gasteiger partial charge on any atom is -0.466 e. The number of carbonyl (C=O) groups is 3. The van der Waals surface area contributed by atoms with Crippen molar-refractivity contribution < 1.29 is 33.7 Å². The summed E-state index contributed by atoms with van der Waals surface area (Å²) in [6.07, 6.45) is 0.385. The van der Waals surface area contributed by atoms with Gasteiger partial charge in [-0.1, -0.05) is 22.9 Å². The van der Waals surface area contributed by atoms with Gasteiger partial charge in [0, 0.05) is 31.0 Å². The fourth-order valence-corrected chi connectivity index (χ4v) is 6.88. The average molecular weight is 532 g/mol. The molecule has 0 saturated carbocycles. The second kappa shape index (κ2) is 10.2. The molecule has 0 aromatic carbocycles. The minimum atomic E-state index is -1.13. The number of fused-ring (bicyclic) bond motifs is 1. The normalized spacial score (nSPS) is 36.7. The predicted molar refractivity (Wildman–Crippen MR) is 121 cm³/mol. The summed E-state index contributed by atoms with van der Waals surface area (Å²) in [5.41, 5.74) is -1.13. The van der Waals surface area contributed by atoms with Gasteiger partial charge in [0.2, 0.25) is 11.8 Å². The summed E-state index contributed by atoms with van der Waals surface area (Å²) in [5, 5.41) is 13.0. The molecule has 2 bridgehead atoms. The summed E-state index contributed by atoms with van der Waals surface area (Å²) in [6.45, 7) is 7.60. The van der Waals surface area contributed by atoms with Gasteiger partial charge in [0.25, 0.3) is 0 Å². The van der Waals surface area contributed by atoms with E-state index < -0.39 is 41.6 Å². The number of rotatable bonds is 9. The molecule has 4 fully saturated rings. The van der Waals surface area contributed by atoms with Crippen LogP contribution in [0.15, 0.2) is 0 Å². The lowest BCUT2D eigenvalue weighted by Crippen LogP contribution is -2.58. The summed E-state index contributed by atoms with van der Waals surface area (Å²) in [7, 11) is 0. The van der Waals surface area contributed by atoms with Gasteiger partial charge in [0.05, 0.1) is 50.4 Å². The number of alkyl halides is 1. The van der Waals surface area contributed by atoms with Crippen molar-refractivity contribution in [3.8, 4) is 0 Å². The van der Waals surface area contributed by atoms with E-state index in [-0.39, 0.29) is 29.9 Å². The van der Waals surface area contributed by atoms with E-state index in [9.17, 15) is 19.5 Å². The molecule has 7 atom stereocenters. The topological polar surface area (TPSA) is 118 Å². The molecular formula is C22H34BrN3O7. The van der Waals surface area contributed by atoms with Crippen LogP contribution in [0.4, 0.5) is 0 Å². The van der Waals surface area contributed by atoms with Crippen molar-refractivity contribution in [2.75, 3.05) is 52.6 Å². The van der Waals surface area contributed by atoms with Crippen LogP contribution in [0, 0.1) is 11.8 Å². The highest BCUT2D eigenvalue weighted by Gasteiger charge is 2.77. The Morgan fingerprint density at radius 1 is 1.33 bits per heavy atom. The quantitative estimate of drug-likeness (QED) is 0.302. The number of amides is 2. The van der Waals surface area contributed by atoms with Crippen LogP contribution in [0.25, 0.3) is 0 Å². The molecule has 0 aromatic heterocycles. The second-order valence-electron chi connectivity index (χ2n) is 9.15. The van der Waals surface area contributed by atoms with Gasteiger partial charge in [-0.15, -0.1) is 0 Å². The number of likely N-dealkylation sites (tertiary alicyclic amines) is 1. The van der Waals surface area contributed by atoms with Crippen LogP contribution in [-0.4, -0.2) is 114 Å². The Bertz CT molecular complexity index is 760. The van der Waals surface area contributed by atoms with E-state index in [1.165, 1.54) is 4.90 Å². The number of halogens is 1. The highest BCUT2D eigenvalue weighted by molar-refractivity contribution is 9.09. The number of nitrogens with one attached hydrogen (secondary N) is 1. The first-order valence-corrected chi connectivity index (χ1v) is 12.8. The van der Waals surface area contributed by atoms with Gasteiger partial charge in [0.1, 0.15) is 11.6 Å². The Hall–Kier alpha value is -1.27. The molecule has 4 saturated heterocycles. The molecule has 10 nitrogen and oxygen atoms in total. The Balaban J connectivity index is 1.59. The monoisotopic (exact) mass is 531 g/mol. The van der Waals surface area contributed by atoms with E-state index in [4.69, 9.17) is 14.2 Å². The first kappa shape index (κ1) is 24.8. The summed E-state index contributed by atoms with van der Waals surface area (Å²) >= 11 is 3.62. The average Bonchev–Trinajstić information content (AvgIpc) is 3.39. The van der Waals surface area contributed by atoms with E-state index in [2.05, 4.69) is 26.1 Å². The van der Waals surface area contributed by atoms with Crippen LogP contribution in [0.5, 0.6) is 0 Å². The van der Waals surface area contributed by atoms with Gasteiger partial charge in [-0.25, -0.2) is 0 Å². The predicted octanol–water partition coefficient (Wildman–Crippen LogP) is -0.483. The van der Waals surface area contributed by atoms with E-state index in [0.29, 0.717) is 39.1 Å². The largest absolute Gasteiger partial charge is 0.466 e. The van der Waals surface area contributed by atoms with Gasteiger partial charge in [-0.05, 0) is 19.8 Å². The van der Waals surface area contributed by atoms with Gasteiger partial charge >= 0.3 is 5.97 Å². The zero-order chi connectivity index (χ0) is 23.8. The highest BCUT2D eigenvalue weighted by Crippen LogP contribution is 2.60. The molecule has 0 aromatic rings. The Morgan fingerprint density at radius 2 is 2.06 bits per heavy atom. The second-order valence-corrected chi connectivity index (χ2v) is 10.3. The first-order chi connectivity index (χ1) is 15.9. The number of morpholine rings is 1. The van der Waals surface area contributed by atoms with Gasteiger partial charge in [0.15, 0.2) is 0 Å². The smallest absolute Gasteiger partial charge is 0.312 e. The molecule has 4 aliphatic heterocycles. The molecular weight excluding hydrogens is 498 g/mol. The number of hydrogen-bond donors (Lipinski definition) is 2. The lowest BCUT2D eigenvalue weighted by molar-refractivity contribution is -0.155. The number of hydrogen-bond acceptors (Lipinski definition) is 8. The molecule has 4 aliphatic rings. The lowest BCUT2D eigenvalue weighted by Gasteiger charge is -2.36. The molecule has 2 amide bonds. The van der Waals surface area contributed by atoms with Crippen LogP contribution >= 0.6 is 15.9 Å². The molecule has 3 unspecified atom stereocenters.